The fourth-order valence-corrected chi connectivity index (χ4v) is 4.02. The van der Waals surface area contributed by atoms with Crippen LogP contribution in [-0.2, 0) is 4.79 Å². The van der Waals surface area contributed by atoms with E-state index >= 15 is 0 Å². The summed E-state index contributed by atoms with van der Waals surface area (Å²) in [7, 11) is 0. The minimum atomic E-state index is 0.352. The van der Waals surface area contributed by atoms with Gasteiger partial charge < -0.3 is 5.32 Å². The Labute approximate surface area is 105 Å². The summed E-state index contributed by atoms with van der Waals surface area (Å²) < 4.78 is 0. The lowest BCUT2D eigenvalue weighted by Crippen LogP contribution is -2.41. The summed E-state index contributed by atoms with van der Waals surface area (Å²) in [6.45, 7) is 2.21. The highest BCUT2D eigenvalue weighted by Crippen LogP contribution is 2.54. The molecule has 3 saturated carbocycles. The average molecular weight is 235 g/mol. The van der Waals surface area contributed by atoms with Gasteiger partial charge in [0, 0.05) is 12.0 Å². The predicted octanol–water partition coefficient (Wildman–Crippen LogP) is 3.12. The largest absolute Gasteiger partial charge is 0.353 e. The fourth-order valence-electron chi connectivity index (χ4n) is 4.02. The van der Waals surface area contributed by atoms with E-state index in [1.165, 1.54) is 51.4 Å². The Morgan fingerprint density at radius 3 is 2.35 bits per heavy atom. The molecule has 3 aliphatic carbocycles. The van der Waals surface area contributed by atoms with Gasteiger partial charge in [0.15, 0.2) is 0 Å². The summed E-state index contributed by atoms with van der Waals surface area (Å²) in [4.78, 5) is 12.2. The molecule has 17 heavy (non-hydrogen) atoms. The van der Waals surface area contributed by atoms with E-state index in [-0.39, 0.29) is 0 Å². The fraction of sp³-hybridized carbons (Fsp3) is 0.933. The number of rotatable bonds is 3. The second kappa shape index (κ2) is 4.62. The first kappa shape index (κ1) is 11.6. The molecule has 0 radical (unpaired) electrons. The van der Waals surface area contributed by atoms with Crippen molar-refractivity contribution in [1.82, 2.24) is 5.32 Å². The van der Waals surface area contributed by atoms with Gasteiger partial charge in [-0.05, 0) is 56.8 Å². The first-order valence-electron chi connectivity index (χ1n) is 7.54. The van der Waals surface area contributed by atoms with E-state index in [4.69, 9.17) is 0 Å². The summed E-state index contributed by atoms with van der Waals surface area (Å²) in [6.07, 6.45) is 10.5. The van der Waals surface area contributed by atoms with Crippen LogP contribution in [0.25, 0.3) is 0 Å². The monoisotopic (exact) mass is 235 g/mol. The molecule has 0 aromatic carbocycles. The van der Waals surface area contributed by atoms with Crippen LogP contribution in [-0.4, -0.2) is 11.9 Å². The molecule has 3 fully saturated rings. The zero-order valence-electron chi connectivity index (χ0n) is 11.0. The summed E-state index contributed by atoms with van der Waals surface area (Å²) in [5, 5.41) is 3.29. The molecule has 96 valence electrons. The average Bonchev–Trinajstić information content (AvgIpc) is 2.97. The number of fused-ring (bicyclic) bond motifs is 1. The number of hydrogen-bond acceptors (Lipinski definition) is 1. The highest BCUT2D eigenvalue weighted by atomic mass is 16.1. The van der Waals surface area contributed by atoms with Crippen LogP contribution in [0.1, 0.15) is 58.3 Å². The molecule has 1 N–H and O–H groups in total. The number of amides is 1. The second-order valence-corrected chi connectivity index (χ2v) is 6.62. The molecule has 1 amide bonds. The van der Waals surface area contributed by atoms with E-state index in [0.29, 0.717) is 17.9 Å². The molecular formula is C15H25NO. The van der Waals surface area contributed by atoms with E-state index in [1.54, 1.807) is 0 Å². The maximum atomic E-state index is 12.2. The van der Waals surface area contributed by atoms with Crippen molar-refractivity contribution in [2.45, 2.75) is 64.3 Å². The van der Waals surface area contributed by atoms with Crippen LogP contribution < -0.4 is 5.32 Å². The van der Waals surface area contributed by atoms with E-state index in [2.05, 4.69) is 12.2 Å². The Balaban J connectivity index is 1.46. The van der Waals surface area contributed by atoms with E-state index in [9.17, 15) is 4.79 Å². The van der Waals surface area contributed by atoms with Gasteiger partial charge in [-0.15, -0.1) is 0 Å². The van der Waals surface area contributed by atoms with Crippen molar-refractivity contribution in [1.29, 1.82) is 0 Å². The van der Waals surface area contributed by atoms with Crippen LogP contribution in [0.5, 0.6) is 0 Å². The van der Waals surface area contributed by atoms with Gasteiger partial charge in [-0.3, -0.25) is 4.79 Å². The maximum absolute atomic E-state index is 12.2. The third-order valence-corrected chi connectivity index (χ3v) is 5.34. The van der Waals surface area contributed by atoms with Crippen molar-refractivity contribution in [3.63, 3.8) is 0 Å². The lowest BCUT2D eigenvalue weighted by Gasteiger charge is -2.29. The molecule has 2 nitrogen and oxygen atoms in total. The lowest BCUT2D eigenvalue weighted by molar-refractivity contribution is -0.126. The first-order valence-corrected chi connectivity index (χ1v) is 7.54. The van der Waals surface area contributed by atoms with Gasteiger partial charge in [-0.1, -0.05) is 19.3 Å². The van der Waals surface area contributed by atoms with Crippen molar-refractivity contribution in [3.05, 3.63) is 0 Å². The summed E-state index contributed by atoms with van der Waals surface area (Å²) in [6, 6.07) is 0.403. The summed E-state index contributed by atoms with van der Waals surface area (Å²) in [5.74, 6) is 3.27. The molecular weight excluding hydrogens is 210 g/mol. The number of nitrogens with one attached hydrogen (secondary N) is 1. The Morgan fingerprint density at radius 1 is 1.06 bits per heavy atom. The molecule has 0 aromatic heterocycles. The van der Waals surface area contributed by atoms with E-state index < -0.39 is 0 Å². The molecule has 0 spiro atoms. The smallest absolute Gasteiger partial charge is 0.223 e. The van der Waals surface area contributed by atoms with Gasteiger partial charge in [0.1, 0.15) is 0 Å². The summed E-state index contributed by atoms with van der Waals surface area (Å²) in [5.41, 5.74) is 0. The highest BCUT2D eigenvalue weighted by molar-refractivity contribution is 5.79. The van der Waals surface area contributed by atoms with E-state index in [0.717, 1.165) is 17.8 Å². The molecule has 0 aromatic rings. The van der Waals surface area contributed by atoms with Crippen molar-refractivity contribution in [2.75, 3.05) is 0 Å². The minimum absolute atomic E-state index is 0.352. The molecule has 3 unspecified atom stereocenters. The van der Waals surface area contributed by atoms with Gasteiger partial charge in [0.2, 0.25) is 5.91 Å². The Hall–Kier alpha value is -0.530. The zero-order valence-corrected chi connectivity index (χ0v) is 11.0. The molecule has 3 atom stereocenters. The molecule has 3 aliphatic rings. The Kier molecular flexibility index (Phi) is 3.14. The molecule has 0 saturated heterocycles. The molecule has 0 heterocycles. The first-order chi connectivity index (χ1) is 8.24. The van der Waals surface area contributed by atoms with Crippen LogP contribution in [0, 0.1) is 23.7 Å². The third kappa shape index (κ3) is 2.51. The SMILES string of the molecule is CC(NC(=O)C1CC2CC2C1)C1CCCCC1. The molecule has 0 bridgehead atoms. The number of carbonyl (C=O) groups is 1. The number of hydrogen-bond donors (Lipinski definition) is 1. The van der Waals surface area contributed by atoms with Gasteiger partial charge >= 0.3 is 0 Å². The van der Waals surface area contributed by atoms with Crippen LogP contribution in [0.15, 0.2) is 0 Å². The van der Waals surface area contributed by atoms with Gasteiger partial charge in [-0.25, -0.2) is 0 Å². The third-order valence-electron chi connectivity index (χ3n) is 5.34. The maximum Gasteiger partial charge on any atom is 0.223 e. The topological polar surface area (TPSA) is 29.1 Å². The van der Waals surface area contributed by atoms with Crippen molar-refractivity contribution < 1.29 is 4.79 Å². The van der Waals surface area contributed by atoms with Gasteiger partial charge in [0.25, 0.3) is 0 Å². The lowest BCUT2D eigenvalue weighted by atomic mass is 9.84. The predicted molar refractivity (Wildman–Crippen MR) is 68.5 cm³/mol. The molecule has 2 heteroatoms. The van der Waals surface area contributed by atoms with Gasteiger partial charge in [0.05, 0.1) is 0 Å². The zero-order chi connectivity index (χ0) is 11.8. The molecule has 0 aliphatic heterocycles. The van der Waals surface area contributed by atoms with Gasteiger partial charge in [-0.2, -0.15) is 0 Å². The summed E-state index contributed by atoms with van der Waals surface area (Å²) >= 11 is 0. The highest BCUT2D eigenvalue weighted by Gasteiger charge is 2.48. The normalized spacial score (nSPS) is 38.5. The standard InChI is InChI=1S/C15H25NO/c1-10(11-5-3-2-4-6-11)16-15(17)14-8-12-7-13(12)9-14/h10-14H,2-9H2,1H3,(H,16,17). The van der Waals surface area contributed by atoms with E-state index in [1.807, 2.05) is 0 Å². The Bertz CT molecular complexity index is 285. The minimum Gasteiger partial charge on any atom is -0.353 e. The van der Waals surface area contributed by atoms with Crippen molar-refractivity contribution in [3.8, 4) is 0 Å². The van der Waals surface area contributed by atoms with Crippen LogP contribution in [0.3, 0.4) is 0 Å². The van der Waals surface area contributed by atoms with Crippen molar-refractivity contribution in [2.24, 2.45) is 23.7 Å². The van der Waals surface area contributed by atoms with Crippen LogP contribution in [0.4, 0.5) is 0 Å². The van der Waals surface area contributed by atoms with Crippen molar-refractivity contribution >= 4 is 5.91 Å². The number of carbonyl (C=O) groups excluding carboxylic acids is 1. The molecule has 3 rings (SSSR count). The quantitative estimate of drug-likeness (QED) is 0.800. The Morgan fingerprint density at radius 2 is 1.71 bits per heavy atom. The van der Waals surface area contributed by atoms with Crippen LogP contribution in [0.2, 0.25) is 0 Å². The second-order valence-electron chi connectivity index (χ2n) is 6.62. The van der Waals surface area contributed by atoms with Crippen LogP contribution >= 0.6 is 0 Å².